The van der Waals surface area contributed by atoms with Crippen LogP contribution in [0.1, 0.15) is 63.8 Å². The number of nitrogens with zero attached hydrogens (tertiary/aromatic N) is 1. The Bertz CT molecular complexity index is 960. The van der Waals surface area contributed by atoms with Crippen molar-refractivity contribution < 1.29 is 4.74 Å². The highest BCUT2D eigenvalue weighted by molar-refractivity contribution is 7.50. The molecule has 0 spiro atoms. The van der Waals surface area contributed by atoms with Crippen molar-refractivity contribution in [2.24, 2.45) is 16.3 Å². The van der Waals surface area contributed by atoms with Gasteiger partial charge in [-0.15, -0.1) is 0 Å². The summed E-state index contributed by atoms with van der Waals surface area (Å²) in [6, 6.07) is 15.5. The van der Waals surface area contributed by atoms with Gasteiger partial charge >= 0.3 is 0 Å². The molecular weight excluding hydrogens is 385 g/mol. The van der Waals surface area contributed by atoms with Gasteiger partial charge in [-0.2, -0.15) is 0 Å². The van der Waals surface area contributed by atoms with Crippen LogP contribution >= 0.6 is 8.20 Å². The van der Waals surface area contributed by atoms with Crippen molar-refractivity contribution >= 4 is 24.7 Å². The fourth-order valence-corrected chi connectivity index (χ4v) is 5.94. The Kier molecular flexibility index (Phi) is 6.30. The Morgan fingerprint density at radius 2 is 1.60 bits per heavy atom. The minimum atomic E-state index is -0.312. The van der Waals surface area contributed by atoms with E-state index in [-0.39, 0.29) is 17.1 Å². The number of aryl methyl sites for hydroxylation is 3. The monoisotopic (exact) mass is 421 g/mol. The molecule has 1 aliphatic heterocycles. The van der Waals surface area contributed by atoms with Gasteiger partial charge < -0.3 is 4.74 Å². The number of rotatable bonds is 5. The van der Waals surface area contributed by atoms with Gasteiger partial charge in [-0.1, -0.05) is 70.1 Å². The summed E-state index contributed by atoms with van der Waals surface area (Å²) in [6.07, 6.45) is 0. The van der Waals surface area contributed by atoms with Crippen LogP contribution in [0.3, 0.4) is 0 Å². The van der Waals surface area contributed by atoms with Crippen molar-refractivity contribution in [1.82, 2.24) is 0 Å². The van der Waals surface area contributed by atoms with Crippen LogP contribution < -0.4 is 5.30 Å². The van der Waals surface area contributed by atoms with E-state index in [4.69, 9.17) is 9.73 Å². The molecule has 0 saturated carbocycles. The highest BCUT2D eigenvalue weighted by atomic mass is 31.1. The molecule has 2 nitrogen and oxygen atoms in total. The lowest BCUT2D eigenvalue weighted by Gasteiger charge is -2.31. The van der Waals surface area contributed by atoms with E-state index in [1.54, 1.807) is 0 Å². The van der Waals surface area contributed by atoms with E-state index in [0.717, 1.165) is 5.90 Å². The number of aliphatic imine (C=N–C) groups is 1. The molecule has 3 heteroatoms. The molecule has 0 bridgehead atoms. The highest BCUT2D eigenvalue weighted by Crippen LogP contribution is 2.39. The van der Waals surface area contributed by atoms with Gasteiger partial charge in [0.1, 0.15) is 5.60 Å². The summed E-state index contributed by atoms with van der Waals surface area (Å²) < 4.78 is 6.53. The lowest BCUT2D eigenvalue weighted by atomic mass is 9.85. The Hall–Kier alpha value is -1.92. The molecule has 0 aromatic heterocycles. The number of benzene rings is 2. The Labute approximate surface area is 184 Å². The second-order valence-electron chi connectivity index (χ2n) is 10.0. The van der Waals surface area contributed by atoms with Crippen LogP contribution in [0.4, 0.5) is 0 Å². The van der Waals surface area contributed by atoms with Crippen molar-refractivity contribution in [3.05, 3.63) is 64.7 Å². The first-order valence-electron chi connectivity index (χ1n) is 10.9. The zero-order valence-corrected chi connectivity index (χ0v) is 20.9. The van der Waals surface area contributed by atoms with Crippen LogP contribution in [-0.2, 0) is 4.74 Å². The molecule has 1 atom stereocenters. The van der Waals surface area contributed by atoms with Crippen LogP contribution in [0, 0.1) is 32.1 Å². The van der Waals surface area contributed by atoms with E-state index in [2.05, 4.69) is 105 Å². The second kappa shape index (κ2) is 8.31. The van der Waals surface area contributed by atoms with E-state index in [0.29, 0.717) is 5.92 Å². The fourth-order valence-electron chi connectivity index (χ4n) is 4.58. The third kappa shape index (κ3) is 4.40. The lowest BCUT2D eigenvalue weighted by molar-refractivity contribution is 0.0733. The summed E-state index contributed by atoms with van der Waals surface area (Å²) in [5, 5.41) is 2.71. The SMILES string of the molecule is Cc1cc(C)c(P=C(c2ccccc2)C(C)(C)C2=N[C@@H](C(C)C)C(C)(C)O2)c(C)c1. The molecule has 0 radical (unpaired) electrons. The van der Waals surface area contributed by atoms with Crippen LogP contribution in [0.2, 0.25) is 0 Å². The van der Waals surface area contributed by atoms with Crippen LogP contribution in [0.5, 0.6) is 0 Å². The fraction of sp³-hybridized carbons (Fsp3) is 0.481. The molecule has 1 aliphatic rings. The van der Waals surface area contributed by atoms with Crippen molar-refractivity contribution in [1.29, 1.82) is 0 Å². The van der Waals surface area contributed by atoms with Crippen LogP contribution in [0.25, 0.3) is 0 Å². The smallest absolute Gasteiger partial charge is 0.195 e. The molecule has 0 amide bonds. The molecule has 0 unspecified atom stereocenters. The van der Waals surface area contributed by atoms with Crippen LogP contribution in [-0.4, -0.2) is 22.8 Å². The summed E-state index contributed by atoms with van der Waals surface area (Å²) >= 11 is 0. The normalized spacial score (nSPS) is 19.1. The number of hydrogen-bond acceptors (Lipinski definition) is 2. The van der Waals surface area contributed by atoms with Gasteiger partial charge in [-0.25, -0.2) is 4.99 Å². The predicted molar refractivity (Wildman–Crippen MR) is 133 cm³/mol. The molecule has 0 aliphatic carbocycles. The summed E-state index contributed by atoms with van der Waals surface area (Å²) in [5.74, 6) is 1.30. The van der Waals surface area contributed by atoms with E-state index >= 15 is 0 Å². The largest absolute Gasteiger partial charge is 0.472 e. The molecule has 1 heterocycles. The summed E-state index contributed by atoms with van der Waals surface area (Å²) in [5.41, 5.74) is 4.65. The average molecular weight is 422 g/mol. The first kappa shape index (κ1) is 22.8. The minimum absolute atomic E-state index is 0.170. The number of ether oxygens (including phenoxy) is 1. The van der Waals surface area contributed by atoms with Crippen molar-refractivity contribution in [3.63, 3.8) is 0 Å². The van der Waals surface area contributed by atoms with Crippen molar-refractivity contribution in [2.45, 2.75) is 74.0 Å². The standard InChI is InChI=1S/C27H36NOP/c1-17(2)23-27(8,9)29-25(28-23)26(6,7)24(21-13-11-10-12-14-21)30-22-19(4)15-18(3)16-20(22)5/h10-17,23H,1-9H3/t23-/m0/s1. The molecular formula is C27H36NOP. The summed E-state index contributed by atoms with van der Waals surface area (Å²) in [7, 11) is 1.22. The zero-order valence-electron chi connectivity index (χ0n) is 20.0. The number of hydrogen-bond donors (Lipinski definition) is 0. The maximum Gasteiger partial charge on any atom is 0.195 e. The van der Waals surface area contributed by atoms with E-state index < -0.39 is 0 Å². The van der Waals surface area contributed by atoms with Gasteiger partial charge in [0.05, 0.1) is 11.5 Å². The molecule has 30 heavy (non-hydrogen) atoms. The van der Waals surface area contributed by atoms with Gasteiger partial charge in [0.25, 0.3) is 0 Å². The second-order valence-corrected chi connectivity index (χ2v) is 11.1. The first-order chi connectivity index (χ1) is 13.9. The highest BCUT2D eigenvalue weighted by Gasteiger charge is 2.46. The molecule has 3 rings (SSSR count). The maximum absolute atomic E-state index is 6.53. The van der Waals surface area contributed by atoms with Crippen molar-refractivity contribution in [3.8, 4) is 0 Å². The molecule has 160 valence electrons. The molecule has 0 N–H and O–H groups in total. The van der Waals surface area contributed by atoms with Gasteiger partial charge in [0.2, 0.25) is 0 Å². The van der Waals surface area contributed by atoms with Crippen molar-refractivity contribution in [2.75, 3.05) is 0 Å². The van der Waals surface area contributed by atoms with Gasteiger partial charge in [-0.3, -0.25) is 0 Å². The minimum Gasteiger partial charge on any atom is -0.472 e. The molecule has 0 saturated heterocycles. The zero-order chi connectivity index (χ0) is 22.3. The Balaban J connectivity index is 2.18. The third-order valence-corrected chi connectivity index (χ3v) is 7.96. The van der Waals surface area contributed by atoms with E-state index in [9.17, 15) is 0 Å². The molecule has 2 aromatic carbocycles. The lowest BCUT2D eigenvalue weighted by Crippen LogP contribution is -2.39. The predicted octanol–water partition coefficient (Wildman–Crippen LogP) is 6.66. The van der Waals surface area contributed by atoms with E-state index in [1.165, 1.54) is 41.1 Å². The Morgan fingerprint density at radius 1 is 1.03 bits per heavy atom. The average Bonchev–Trinajstić information content (AvgIpc) is 2.98. The first-order valence-corrected chi connectivity index (χ1v) is 11.8. The third-order valence-electron chi connectivity index (χ3n) is 5.99. The van der Waals surface area contributed by atoms with Gasteiger partial charge in [0.15, 0.2) is 5.90 Å². The topological polar surface area (TPSA) is 21.6 Å². The summed E-state index contributed by atoms with van der Waals surface area (Å²) in [6.45, 7) is 19.9. The van der Waals surface area contributed by atoms with Crippen LogP contribution in [0.15, 0.2) is 47.5 Å². The quantitative estimate of drug-likeness (QED) is 0.495. The van der Waals surface area contributed by atoms with Gasteiger partial charge in [0, 0.05) is 10.6 Å². The van der Waals surface area contributed by atoms with E-state index in [1.807, 2.05) is 0 Å². The Morgan fingerprint density at radius 3 is 2.10 bits per heavy atom. The maximum atomic E-state index is 6.53. The summed E-state index contributed by atoms with van der Waals surface area (Å²) in [4.78, 5) is 5.13. The van der Waals surface area contributed by atoms with Gasteiger partial charge in [-0.05, 0) is 71.1 Å². The molecule has 0 fully saturated rings. The molecule has 2 aromatic rings.